The summed E-state index contributed by atoms with van der Waals surface area (Å²) < 4.78 is 46.5. The normalized spacial score (nSPS) is 19.0. The molecule has 1 aromatic carbocycles. The molecule has 0 radical (unpaired) electrons. The fourth-order valence-corrected chi connectivity index (χ4v) is 3.17. The quantitative estimate of drug-likeness (QED) is 0.863. The lowest BCUT2D eigenvalue weighted by atomic mass is 10.1. The van der Waals surface area contributed by atoms with E-state index in [4.69, 9.17) is 4.74 Å². The molecule has 9 heteroatoms. The Morgan fingerprint density at radius 1 is 1.22 bits per heavy atom. The van der Waals surface area contributed by atoms with Gasteiger partial charge in [-0.15, -0.1) is 0 Å². The van der Waals surface area contributed by atoms with Crippen LogP contribution < -0.4 is 15.5 Å². The average Bonchev–Trinajstić information content (AvgIpc) is 3.05. The number of fused-ring (bicyclic) bond motifs is 1. The Kier molecular flexibility index (Phi) is 4.21. The predicted octanol–water partition coefficient (Wildman–Crippen LogP) is 2.55. The standard InChI is InChI=1S/C18H15F3N4O2/c19-18(20,21)12-8-11(17-23-9-15(26)24-25-17)4-5-13(12)27-14-6-3-10-2-1-7-22-16(10)14/h1-2,4-5,7-8,14H,3,6,9H2,(H,23,25)(H,24,26). The Morgan fingerprint density at radius 2 is 2.07 bits per heavy atom. The summed E-state index contributed by atoms with van der Waals surface area (Å²) in [5.41, 5.74) is 3.22. The zero-order chi connectivity index (χ0) is 19.0. The van der Waals surface area contributed by atoms with Gasteiger partial charge >= 0.3 is 6.18 Å². The third-order valence-electron chi connectivity index (χ3n) is 4.44. The molecular weight excluding hydrogens is 361 g/mol. The van der Waals surface area contributed by atoms with Gasteiger partial charge < -0.3 is 10.1 Å². The van der Waals surface area contributed by atoms with Crippen LogP contribution in [0.25, 0.3) is 0 Å². The number of pyridine rings is 1. The minimum Gasteiger partial charge on any atom is -0.483 e. The molecule has 2 aliphatic rings. The molecule has 1 amide bonds. The number of amides is 1. The van der Waals surface area contributed by atoms with E-state index in [0.29, 0.717) is 18.5 Å². The van der Waals surface area contributed by atoms with E-state index < -0.39 is 17.8 Å². The predicted molar refractivity (Wildman–Crippen MR) is 90.1 cm³/mol. The highest BCUT2D eigenvalue weighted by Crippen LogP contribution is 2.41. The molecule has 1 aromatic heterocycles. The number of hydrogen-bond donors (Lipinski definition) is 2. The summed E-state index contributed by atoms with van der Waals surface area (Å²) in [4.78, 5) is 15.4. The van der Waals surface area contributed by atoms with Crippen molar-refractivity contribution in [2.45, 2.75) is 25.1 Å². The number of hydrazone groups is 1. The Bertz CT molecular complexity index is 927. The lowest BCUT2D eigenvalue weighted by molar-refractivity contribution is -0.139. The molecule has 140 valence electrons. The van der Waals surface area contributed by atoms with Crippen LogP contribution in [0, 0.1) is 0 Å². The highest BCUT2D eigenvalue weighted by Gasteiger charge is 2.37. The molecule has 0 spiro atoms. The van der Waals surface area contributed by atoms with E-state index in [0.717, 1.165) is 11.6 Å². The molecule has 1 aliphatic heterocycles. The Labute approximate surface area is 152 Å². The van der Waals surface area contributed by atoms with Gasteiger partial charge in [0, 0.05) is 11.8 Å². The fraction of sp³-hybridized carbons (Fsp3) is 0.278. The van der Waals surface area contributed by atoms with Gasteiger partial charge in [-0.05, 0) is 42.7 Å². The number of aromatic nitrogens is 1. The summed E-state index contributed by atoms with van der Waals surface area (Å²) in [6, 6.07) is 7.42. The van der Waals surface area contributed by atoms with Crippen LogP contribution in [0.1, 0.15) is 34.9 Å². The van der Waals surface area contributed by atoms with Gasteiger partial charge in [-0.3, -0.25) is 9.78 Å². The summed E-state index contributed by atoms with van der Waals surface area (Å²) in [6.45, 7) is -0.0526. The lowest BCUT2D eigenvalue weighted by Gasteiger charge is -2.20. The van der Waals surface area contributed by atoms with E-state index in [1.807, 2.05) is 6.07 Å². The Balaban J connectivity index is 1.66. The monoisotopic (exact) mass is 376 g/mol. The van der Waals surface area contributed by atoms with Crippen LogP contribution in [0.5, 0.6) is 5.75 Å². The number of hydrogen-bond acceptors (Lipinski definition) is 5. The first-order valence-electron chi connectivity index (χ1n) is 8.34. The van der Waals surface area contributed by atoms with Crippen molar-refractivity contribution in [2.24, 2.45) is 5.10 Å². The summed E-state index contributed by atoms with van der Waals surface area (Å²) >= 11 is 0. The number of ether oxygens (including phenoxy) is 1. The van der Waals surface area contributed by atoms with Gasteiger partial charge in [0.1, 0.15) is 11.9 Å². The average molecular weight is 376 g/mol. The van der Waals surface area contributed by atoms with Crippen molar-refractivity contribution in [1.82, 2.24) is 15.7 Å². The summed E-state index contributed by atoms with van der Waals surface area (Å²) in [5, 5.41) is 6.44. The molecule has 0 saturated carbocycles. The van der Waals surface area contributed by atoms with E-state index in [2.05, 4.69) is 20.8 Å². The first kappa shape index (κ1) is 17.3. The first-order valence-corrected chi connectivity index (χ1v) is 8.34. The van der Waals surface area contributed by atoms with Crippen molar-refractivity contribution in [2.75, 3.05) is 6.54 Å². The maximum atomic E-state index is 13.6. The minimum atomic E-state index is -4.60. The van der Waals surface area contributed by atoms with Crippen LogP contribution in [-0.4, -0.2) is 23.3 Å². The highest BCUT2D eigenvalue weighted by molar-refractivity contribution is 6.03. The molecular formula is C18H15F3N4O2. The van der Waals surface area contributed by atoms with Crippen molar-refractivity contribution >= 4 is 11.7 Å². The molecule has 1 aliphatic carbocycles. The molecule has 1 unspecified atom stereocenters. The van der Waals surface area contributed by atoms with Crippen LogP contribution >= 0.6 is 0 Å². The molecule has 0 bridgehead atoms. The minimum absolute atomic E-state index is 0.0526. The number of carbonyl (C=O) groups excluding carboxylic acids is 1. The second-order valence-electron chi connectivity index (χ2n) is 6.25. The van der Waals surface area contributed by atoms with Crippen LogP contribution in [0.4, 0.5) is 13.2 Å². The summed E-state index contributed by atoms with van der Waals surface area (Å²) in [7, 11) is 0. The number of amidine groups is 1. The van der Waals surface area contributed by atoms with Crippen LogP contribution in [0.2, 0.25) is 0 Å². The van der Waals surface area contributed by atoms with Crippen molar-refractivity contribution < 1.29 is 22.7 Å². The van der Waals surface area contributed by atoms with Crippen LogP contribution in [-0.2, 0) is 17.4 Å². The van der Waals surface area contributed by atoms with E-state index in [1.165, 1.54) is 12.1 Å². The number of nitrogens with zero attached hydrogens (tertiary/aromatic N) is 2. The zero-order valence-electron chi connectivity index (χ0n) is 14.0. The van der Waals surface area contributed by atoms with Gasteiger partial charge in [0.05, 0.1) is 17.8 Å². The van der Waals surface area contributed by atoms with Crippen LogP contribution in [0.3, 0.4) is 0 Å². The first-order chi connectivity index (χ1) is 12.9. The molecule has 4 rings (SSSR count). The molecule has 2 heterocycles. The fourth-order valence-electron chi connectivity index (χ4n) is 3.17. The molecule has 0 saturated heterocycles. The third kappa shape index (κ3) is 3.44. The number of halogens is 3. The molecule has 1 atom stereocenters. The molecule has 2 aromatic rings. The summed E-state index contributed by atoms with van der Waals surface area (Å²) in [6.07, 6.45) is -2.22. The van der Waals surface area contributed by atoms with Crippen molar-refractivity contribution in [3.05, 3.63) is 58.9 Å². The van der Waals surface area contributed by atoms with E-state index in [-0.39, 0.29) is 29.6 Å². The number of nitrogens with one attached hydrogen (secondary N) is 2. The topological polar surface area (TPSA) is 75.6 Å². The molecule has 6 nitrogen and oxygen atoms in total. The van der Waals surface area contributed by atoms with E-state index >= 15 is 0 Å². The Morgan fingerprint density at radius 3 is 2.81 bits per heavy atom. The smallest absolute Gasteiger partial charge is 0.419 e. The van der Waals surface area contributed by atoms with Gasteiger partial charge in [-0.1, -0.05) is 6.07 Å². The number of aryl methyl sites for hydroxylation is 1. The Hall–Kier alpha value is -3.10. The lowest BCUT2D eigenvalue weighted by Crippen LogP contribution is -2.42. The molecule has 2 N–H and O–H groups in total. The van der Waals surface area contributed by atoms with Gasteiger partial charge in [-0.25, -0.2) is 5.43 Å². The number of carbonyl (C=O) groups is 1. The SMILES string of the molecule is O=C1CNC(c2ccc(OC3CCc4cccnc43)c(C(F)(F)F)c2)=NN1. The number of benzene rings is 1. The second kappa shape index (κ2) is 6.57. The number of rotatable bonds is 3. The maximum Gasteiger partial charge on any atom is 0.419 e. The van der Waals surface area contributed by atoms with Gasteiger partial charge in [0.2, 0.25) is 0 Å². The van der Waals surface area contributed by atoms with Crippen molar-refractivity contribution in [3.63, 3.8) is 0 Å². The highest BCUT2D eigenvalue weighted by atomic mass is 19.4. The summed E-state index contributed by atoms with van der Waals surface area (Å²) in [5.74, 6) is -0.447. The van der Waals surface area contributed by atoms with E-state index in [1.54, 1.807) is 12.3 Å². The van der Waals surface area contributed by atoms with Crippen LogP contribution in [0.15, 0.2) is 41.6 Å². The largest absolute Gasteiger partial charge is 0.483 e. The van der Waals surface area contributed by atoms with Gasteiger partial charge in [0.15, 0.2) is 5.84 Å². The second-order valence-corrected chi connectivity index (χ2v) is 6.25. The van der Waals surface area contributed by atoms with Gasteiger partial charge in [0.25, 0.3) is 5.91 Å². The zero-order valence-corrected chi connectivity index (χ0v) is 14.0. The molecule has 0 fully saturated rings. The third-order valence-corrected chi connectivity index (χ3v) is 4.44. The maximum absolute atomic E-state index is 13.6. The molecule has 27 heavy (non-hydrogen) atoms. The number of alkyl halides is 3. The van der Waals surface area contributed by atoms with E-state index in [9.17, 15) is 18.0 Å². The van der Waals surface area contributed by atoms with Crippen molar-refractivity contribution in [3.8, 4) is 5.75 Å². The van der Waals surface area contributed by atoms with Gasteiger partial charge in [-0.2, -0.15) is 18.3 Å². The van der Waals surface area contributed by atoms with Crippen molar-refractivity contribution in [1.29, 1.82) is 0 Å².